The van der Waals surface area contributed by atoms with E-state index in [0.29, 0.717) is 5.56 Å². The topological polar surface area (TPSA) is 52.9 Å². The van der Waals surface area contributed by atoms with Gasteiger partial charge in [0.1, 0.15) is 5.37 Å². The fourth-order valence-electron chi connectivity index (χ4n) is 1.04. The Hall–Kier alpha value is -1.91. The molecule has 3 nitrogen and oxygen atoms in total. The fourth-order valence-corrected chi connectivity index (χ4v) is 1.57. The molecule has 1 N–H and O–H groups in total. The van der Waals surface area contributed by atoms with Crippen LogP contribution in [-0.2, 0) is 0 Å². The molecule has 1 aromatic carbocycles. The van der Waals surface area contributed by atoms with Gasteiger partial charge in [-0.05, 0) is 12.1 Å². The molecule has 1 atom stereocenters. The minimum Gasteiger partial charge on any atom is -0.330 e. The van der Waals surface area contributed by atoms with Crippen LogP contribution in [0, 0.1) is 23.7 Å². The Morgan fingerprint density at radius 3 is 2.75 bits per heavy atom. The van der Waals surface area contributed by atoms with Crippen LogP contribution in [0.25, 0.3) is 0 Å². The summed E-state index contributed by atoms with van der Waals surface area (Å²) < 4.78 is 0. The molecule has 80 valence electrons. The summed E-state index contributed by atoms with van der Waals surface area (Å²) in [5.41, 5.74) is 0.556. The fraction of sp³-hybridized carbons (Fsp3) is 0.167. The summed E-state index contributed by atoms with van der Waals surface area (Å²) in [6.07, 6.45) is 5.24. The third-order valence-electron chi connectivity index (χ3n) is 1.76. The minimum absolute atomic E-state index is 0.228. The Balaban J connectivity index is 2.57. The van der Waals surface area contributed by atoms with Crippen LogP contribution in [0.5, 0.6) is 0 Å². The quantitative estimate of drug-likeness (QED) is 0.632. The number of nitriles is 1. The molecular weight excluding hydrogens is 220 g/mol. The van der Waals surface area contributed by atoms with E-state index in [-0.39, 0.29) is 11.7 Å². The van der Waals surface area contributed by atoms with Crippen LogP contribution in [0.3, 0.4) is 0 Å². The Morgan fingerprint density at radius 2 is 2.19 bits per heavy atom. The molecule has 1 rings (SSSR count). The lowest BCUT2D eigenvalue weighted by Crippen LogP contribution is -2.31. The SMILES string of the molecule is C#CC(NC(=O)c1ccccc1)SCC#N. The molecule has 0 bridgehead atoms. The number of carbonyl (C=O) groups is 1. The molecule has 0 aromatic heterocycles. The van der Waals surface area contributed by atoms with Crippen molar-refractivity contribution < 1.29 is 4.79 Å². The zero-order valence-electron chi connectivity index (χ0n) is 8.51. The van der Waals surface area contributed by atoms with Crippen molar-refractivity contribution in [3.05, 3.63) is 35.9 Å². The molecular formula is C12H10N2OS. The first-order chi connectivity index (χ1) is 7.77. The van der Waals surface area contributed by atoms with E-state index in [2.05, 4.69) is 11.2 Å². The van der Waals surface area contributed by atoms with Crippen molar-refractivity contribution in [1.29, 1.82) is 5.26 Å². The van der Waals surface area contributed by atoms with E-state index in [1.54, 1.807) is 24.3 Å². The molecule has 0 aliphatic heterocycles. The predicted molar refractivity (Wildman–Crippen MR) is 64.6 cm³/mol. The molecule has 0 fully saturated rings. The van der Waals surface area contributed by atoms with E-state index >= 15 is 0 Å². The number of amides is 1. The summed E-state index contributed by atoms with van der Waals surface area (Å²) in [4.78, 5) is 11.7. The van der Waals surface area contributed by atoms with Crippen LogP contribution >= 0.6 is 11.8 Å². The zero-order chi connectivity index (χ0) is 11.8. The van der Waals surface area contributed by atoms with E-state index in [1.165, 1.54) is 11.8 Å². The van der Waals surface area contributed by atoms with E-state index in [1.807, 2.05) is 12.1 Å². The van der Waals surface area contributed by atoms with Crippen LogP contribution in [0.1, 0.15) is 10.4 Å². The van der Waals surface area contributed by atoms with Crippen molar-refractivity contribution in [1.82, 2.24) is 5.32 Å². The highest BCUT2D eigenvalue weighted by Crippen LogP contribution is 2.07. The number of terminal acetylenes is 1. The van der Waals surface area contributed by atoms with E-state index in [0.717, 1.165) is 0 Å². The normalized spacial score (nSPS) is 10.9. The van der Waals surface area contributed by atoms with Crippen LogP contribution in [0.15, 0.2) is 30.3 Å². The number of rotatable bonds is 4. The molecule has 0 saturated heterocycles. The summed E-state index contributed by atoms with van der Waals surface area (Å²) in [5, 5.41) is 10.6. The van der Waals surface area contributed by atoms with Gasteiger partial charge in [0.2, 0.25) is 0 Å². The first-order valence-corrected chi connectivity index (χ1v) is 5.63. The van der Waals surface area contributed by atoms with Gasteiger partial charge in [-0.1, -0.05) is 24.1 Å². The number of hydrogen-bond donors (Lipinski definition) is 1. The van der Waals surface area contributed by atoms with Crippen molar-refractivity contribution in [2.75, 3.05) is 5.75 Å². The number of thioether (sulfide) groups is 1. The number of nitrogens with zero attached hydrogens (tertiary/aromatic N) is 1. The first kappa shape index (κ1) is 12.2. The van der Waals surface area contributed by atoms with Crippen LogP contribution in [0.2, 0.25) is 0 Å². The Bertz CT molecular complexity index is 431. The highest BCUT2D eigenvalue weighted by molar-refractivity contribution is 8.00. The highest BCUT2D eigenvalue weighted by atomic mass is 32.2. The number of nitrogens with one attached hydrogen (secondary N) is 1. The third-order valence-corrected chi connectivity index (χ3v) is 2.65. The number of carbonyl (C=O) groups excluding carboxylic acids is 1. The zero-order valence-corrected chi connectivity index (χ0v) is 9.33. The van der Waals surface area contributed by atoms with E-state index in [4.69, 9.17) is 11.7 Å². The molecule has 4 heteroatoms. The maximum absolute atomic E-state index is 11.7. The largest absolute Gasteiger partial charge is 0.330 e. The van der Waals surface area contributed by atoms with Crippen molar-refractivity contribution in [3.8, 4) is 18.4 Å². The van der Waals surface area contributed by atoms with Crippen LogP contribution < -0.4 is 5.32 Å². The van der Waals surface area contributed by atoms with Gasteiger partial charge in [-0.3, -0.25) is 4.79 Å². The third kappa shape index (κ3) is 3.68. The second kappa shape index (κ2) is 6.55. The summed E-state index contributed by atoms with van der Waals surface area (Å²) in [6, 6.07) is 10.8. The Labute approximate surface area is 98.8 Å². The molecule has 1 amide bonds. The van der Waals surface area contributed by atoms with Gasteiger partial charge in [0.15, 0.2) is 0 Å². The molecule has 0 radical (unpaired) electrons. The molecule has 0 heterocycles. The lowest BCUT2D eigenvalue weighted by atomic mass is 10.2. The summed E-state index contributed by atoms with van der Waals surface area (Å²) >= 11 is 1.22. The van der Waals surface area contributed by atoms with Crippen molar-refractivity contribution >= 4 is 17.7 Å². The predicted octanol–water partition coefficient (Wildman–Crippen LogP) is 1.63. The van der Waals surface area contributed by atoms with Gasteiger partial charge in [-0.2, -0.15) is 5.26 Å². The number of benzene rings is 1. The maximum atomic E-state index is 11.7. The van der Waals surface area contributed by atoms with Crippen molar-refractivity contribution in [2.24, 2.45) is 0 Å². The molecule has 1 aromatic rings. The van der Waals surface area contributed by atoms with Gasteiger partial charge in [-0.25, -0.2) is 0 Å². The molecule has 0 aliphatic carbocycles. The monoisotopic (exact) mass is 230 g/mol. The summed E-state index contributed by atoms with van der Waals surface area (Å²) in [5.74, 6) is 2.44. The first-order valence-electron chi connectivity index (χ1n) is 4.58. The minimum atomic E-state index is -0.465. The van der Waals surface area contributed by atoms with Gasteiger partial charge < -0.3 is 5.32 Å². The molecule has 16 heavy (non-hydrogen) atoms. The summed E-state index contributed by atoms with van der Waals surface area (Å²) in [7, 11) is 0. The van der Waals surface area contributed by atoms with E-state index < -0.39 is 5.37 Å². The van der Waals surface area contributed by atoms with E-state index in [9.17, 15) is 4.79 Å². The average Bonchev–Trinajstić information content (AvgIpc) is 2.35. The molecule has 0 aliphatic rings. The lowest BCUT2D eigenvalue weighted by Gasteiger charge is -2.10. The van der Waals surface area contributed by atoms with Crippen molar-refractivity contribution in [2.45, 2.75) is 5.37 Å². The Kier molecular flexibility index (Phi) is 4.98. The summed E-state index contributed by atoms with van der Waals surface area (Å²) in [6.45, 7) is 0. The molecule has 1 unspecified atom stereocenters. The average molecular weight is 230 g/mol. The maximum Gasteiger partial charge on any atom is 0.252 e. The van der Waals surface area contributed by atoms with Crippen LogP contribution in [0.4, 0.5) is 0 Å². The molecule has 0 spiro atoms. The second-order valence-corrected chi connectivity index (χ2v) is 3.95. The standard InChI is InChI=1S/C12H10N2OS/c1-2-11(16-9-8-13)14-12(15)10-6-4-3-5-7-10/h1,3-7,11H,9H2,(H,14,15). The molecule has 0 saturated carbocycles. The lowest BCUT2D eigenvalue weighted by molar-refractivity contribution is 0.0955. The van der Waals surface area contributed by atoms with Gasteiger partial charge in [0.25, 0.3) is 5.91 Å². The Morgan fingerprint density at radius 1 is 1.50 bits per heavy atom. The number of hydrogen-bond acceptors (Lipinski definition) is 3. The highest BCUT2D eigenvalue weighted by Gasteiger charge is 2.10. The van der Waals surface area contributed by atoms with Crippen molar-refractivity contribution in [3.63, 3.8) is 0 Å². The van der Waals surface area contributed by atoms with Gasteiger partial charge in [0, 0.05) is 5.56 Å². The van der Waals surface area contributed by atoms with Gasteiger partial charge >= 0.3 is 0 Å². The second-order valence-electron chi connectivity index (χ2n) is 2.86. The van der Waals surface area contributed by atoms with Gasteiger partial charge in [0.05, 0.1) is 11.8 Å². The smallest absolute Gasteiger partial charge is 0.252 e. The van der Waals surface area contributed by atoms with Crippen LogP contribution in [-0.4, -0.2) is 17.0 Å². The van der Waals surface area contributed by atoms with Gasteiger partial charge in [-0.15, -0.1) is 18.2 Å².